The van der Waals surface area contributed by atoms with Crippen LogP contribution in [0.4, 0.5) is 5.69 Å². The Hall–Kier alpha value is -1.30. The number of H-pyrrole nitrogens is 1. The van der Waals surface area contributed by atoms with Crippen molar-refractivity contribution in [2.45, 2.75) is 6.10 Å². The monoisotopic (exact) mass is 241 g/mol. The molecule has 86 valence electrons. The van der Waals surface area contributed by atoms with Gasteiger partial charge in [-0.2, -0.15) is 5.10 Å². The van der Waals surface area contributed by atoms with Crippen LogP contribution in [0.5, 0.6) is 0 Å². The fraction of sp³-hybridized carbons (Fsp3) is 0.300. The molecule has 1 heterocycles. The van der Waals surface area contributed by atoms with Gasteiger partial charge in [0.25, 0.3) is 0 Å². The number of hydrogen-bond acceptors (Lipinski definition) is 4. The molecule has 0 fully saturated rings. The zero-order valence-corrected chi connectivity index (χ0v) is 9.20. The fourth-order valence-corrected chi connectivity index (χ4v) is 1.63. The Morgan fingerprint density at radius 1 is 1.50 bits per heavy atom. The van der Waals surface area contributed by atoms with Crippen molar-refractivity contribution in [3.05, 3.63) is 23.4 Å². The highest BCUT2D eigenvalue weighted by Gasteiger charge is 2.06. The summed E-state index contributed by atoms with van der Waals surface area (Å²) >= 11 is 6.04. The van der Waals surface area contributed by atoms with Crippen LogP contribution in [0, 0.1) is 0 Å². The number of aliphatic hydroxyl groups excluding tert-OH is 2. The van der Waals surface area contributed by atoms with Gasteiger partial charge in [-0.3, -0.25) is 5.10 Å². The largest absolute Gasteiger partial charge is 0.394 e. The van der Waals surface area contributed by atoms with Crippen molar-refractivity contribution < 1.29 is 10.2 Å². The maximum absolute atomic E-state index is 9.21. The number of rotatable bonds is 4. The summed E-state index contributed by atoms with van der Waals surface area (Å²) in [6.45, 7) is -0.0349. The third-order valence-corrected chi connectivity index (χ3v) is 2.58. The van der Waals surface area contributed by atoms with Crippen molar-refractivity contribution in [3.63, 3.8) is 0 Å². The predicted octanol–water partition coefficient (Wildman–Crippen LogP) is 0.981. The van der Waals surface area contributed by atoms with E-state index < -0.39 is 6.10 Å². The highest BCUT2D eigenvalue weighted by atomic mass is 35.5. The average Bonchev–Trinajstić information content (AvgIpc) is 2.72. The van der Waals surface area contributed by atoms with Crippen LogP contribution in [0.15, 0.2) is 18.3 Å². The summed E-state index contributed by atoms with van der Waals surface area (Å²) in [7, 11) is 0. The van der Waals surface area contributed by atoms with Gasteiger partial charge in [-0.1, -0.05) is 11.6 Å². The molecule has 5 nitrogen and oxygen atoms in total. The molecule has 16 heavy (non-hydrogen) atoms. The molecule has 1 aromatic carbocycles. The van der Waals surface area contributed by atoms with Gasteiger partial charge in [-0.15, -0.1) is 0 Å². The Balaban J connectivity index is 2.19. The van der Waals surface area contributed by atoms with E-state index in [1.807, 2.05) is 6.07 Å². The summed E-state index contributed by atoms with van der Waals surface area (Å²) in [6.07, 6.45) is 0.890. The van der Waals surface area contributed by atoms with Crippen LogP contribution >= 0.6 is 11.6 Å². The Labute approximate surface area is 97.0 Å². The first-order valence-corrected chi connectivity index (χ1v) is 5.24. The molecule has 1 aromatic heterocycles. The maximum atomic E-state index is 9.21. The van der Waals surface area contributed by atoms with Crippen LogP contribution in [0.1, 0.15) is 0 Å². The van der Waals surface area contributed by atoms with Gasteiger partial charge in [0, 0.05) is 11.9 Å². The SMILES string of the molecule is OCC(O)CNc1cc2[nH]ncc2cc1Cl. The molecule has 0 amide bonds. The third-order valence-electron chi connectivity index (χ3n) is 2.27. The van der Waals surface area contributed by atoms with Crippen molar-refractivity contribution in [1.29, 1.82) is 0 Å². The quantitative estimate of drug-likeness (QED) is 0.643. The lowest BCUT2D eigenvalue weighted by atomic mass is 10.2. The maximum Gasteiger partial charge on any atom is 0.0942 e. The Bertz CT molecular complexity index is 486. The van der Waals surface area contributed by atoms with Gasteiger partial charge in [-0.25, -0.2) is 0 Å². The van der Waals surface area contributed by atoms with Crippen molar-refractivity contribution in [1.82, 2.24) is 10.2 Å². The molecular weight excluding hydrogens is 230 g/mol. The minimum atomic E-state index is -0.798. The van der Waals surface area contributed by atoms with E-state index >= 15 is 0 Å². The standard InChI is InChI=1S/C10H12ClN3O2/c11-8-1-6-3-13-14-9(6)2-10(8)12-4-7(16)5-15/h1-3,7,12,15-16H,4-5H2,(H,13,14). The number of anilines is 1. The van der Waals surface area contributed by atoms with E-state index in [0.29, 0.717) is 10.7 Å². The molecule has 2 rings (SSSR count). The molecule has 1 atom stereocenters. The first kappa shape index (κ1) is 11.2. The van der Waals surface area contributed by atoms with Crippen molar-refractivity contribution in [2.24, 2.45) is 0 Å². The van der Waals surface area contributed by atoms with E-state index in [2.05, 4.69) is 15.5 Å². The Morgan fingerprint density at radius 3 is 3.06 bits per heavy atom. The normalized spacial score (nSPS) is 12.9. The molecule has 0 bridgehead atoms. The zero-order chi connectivity index (χ0) is 11.5. The minimum absolute atomic E-state index is 0.246. The predicted molar refractivity (Wildman–Crippen MR) is 62.7 cm³/mol. The number of aliphatic hydroxyl groups is 2. The second kappa shape index (κ2) is 4.69. The molecule has 1 unspecified atom stereocenters. The number of benzene rings is 1. The van der Waals surface area contributed by atoms with Gasteiger partial charge in [-0.05, 0) is 12.1 Å². The van der Waals surface area contributed by atoms with Gasteiger partial charge in [0.2, 0.25) is 0 Å². The summed E-state index contributed by atoms with van der Waals surface area (Å²) < 4.78 is 0. The van der Waals surface area contributed by atoms with Crippen molar-refractivity contribution >= 4 is 28.2 Å². The van der Waals surface area contributed by atoms with Gasteiger partial charge >= 0.3 is 0 Å². The minimum Gasteiger partial charge on any atom is -0.394 e. The topological polar surface area (TPSA) is 81.2 Å². The number of nitrogens with zero attached hydrogens (tertiary/aromatic N) is 1. The van der Waals surface area contributed by atoms with E-state index in [1.165, 1.54) is 0 Å². The number of fused-ring (bicyclic) bond motifs is 1. The molecule has 0 saturated carbocycles. The molecule has 0 aliphatic carbocycles. The number of halogens is 1. The summed E-state index contributed by atoms with van der Waals surface area (Å²) in [6, 6.07) is 3.60. The Kier molecular flexibility index (Phi) is 3.28. The molecule has 2 aromatic rings. The summed E-state index contributed by atoms with van der Waals surface area (Å²) in [5.74, 6) is 0. The molecule has 0 aliphatic heterocycles. The third kappa shape index (κ3) is 2.27. The van der Waals surface area contributed by atoms with Gasteiger partial charge in [0.15, 0.2) is 0 Å². The van der Waals surface area contributed by atoms with E-state index in [-0.39, 0.29) is 13.2 Å². The number of aromatic nitrogens is 2. The first-order valence-electron chi connectivity index (χ1n) is 4.86. The van der Waals surface area contributed by atoms with Gasteiger partial charge < -0.3 is 15.5 Å². The smallest absolute Gasteiger partial charge is 0.0942 e. The number of hydrogen-bond donors (Lipinski definition) is 4. The molecule has 0 saturated heterocycles. The lowest BCUT2D eigenvalue weighted by Gasteiger charge is -2.11. The van der Waals surface area contributed by atoms with E-state index in [4.69, 9.17) is 16.7 Å². The van der Waals surface area contributed by atoms with Crippen LogP contribution in [0.25, 0.3) is 10.9 Å². The first-order chi connectivity index (χ1) is 7.70. The molecule has 0 aliphatic rings. The Morgan fingerprint density at radius 2 is 2.31 bits per heavy atom. The molecule has 0 spiro atoms. The van der Waals surface area contributed by atoms with Crippen LogP contribution < -0.4 is 5.32 Å². The lowest BCUT2D eigenvalue weighted by Crippen LogP contribution is -2.23. The van der Waals surface area contributed by atoms with Crippen molar-refractivity contribution in [3.8, 4) is 0 Å². The second-order valence-corrected chi connectivity index (χ2v) is 3.91. The molecular formula is C10H12ClN3O2. The van der Waals surface area contributed by atoms with Crippen LogP contribution in [0.2, 0.25) is 5.02 Å². The highest BCUT2D eigenvalue weighted by molar-refractivity contribution is 6.34. The second-order valence-electron chi connectivity index (χ2n) is 3.51. The van der Waals surface area contributed by atoms with E-state index in [0.717, 1.165) is 10.9 Å². The van der Waals surface area contributed by atoms with Gasteiger partial charge in [0.1, 0.15) is 0 Å². The number of aromatic amines is 1. The summed E-state index contributed by atoms with van der Waals surface area (Å²) in [4.78, 5) is 0. The van der Waals surface area contributed by atoms with Gasteiger partial charge in [0.05, 0.1) is 35.1 Å². The average molecular weight is 242 g/mol. The van der Waals surface area contributed by atoms with Crippen LogP contribution in [-0.4, -0.2) is 39.7 Å². The highest BCUT2D eigenvalue weighted by Crippen LogP contribution is 2.26. The molecule has 4 N–H and O–H groups in total. The fourth-order valence-electron chi connectivity index (χ4n) is 1.39. The van der Waals surface area contributed by atoms with Crippen LogP contribution in [0.3, 0.4) is 0 Å². The van der Waals surface area contributed by atoms with E-state index in [1.54, 1.807) is 12.3 Å². The number of nitrogens with one attached hydrogen (secondary N) is 2. The summed E-state index contributed by atoms with van der Waals surface area (Å²) in [5, 5.41) is 29.1. The molecule has 6 heteroatoms. The van der Waals surface area contributed by atoms with Crippen LogP contribution in [-0.2, 0) is 0 Å². The van der Waals surface area contributed by atoms with Crippen molar-refractivity contribution in [2.75, 3.05) is 18.5 Å². The van der Waals surface area contributed by atoms with E-state index in [9.17, 15) is 5.11 Å². The lowest BCUT2D eigenvalue weighted by molar-refractivity contribution is 0.105. The molecule has 0 radical (unpaired) electrons. The zero-order valence-electron chi connectivity index (χ0n) is 8.44. The summed E-state index contributed by atoms with van der Waals surface area (Å²) in [5.41, 5.74) is 1.57.